The summed E-state index contributed by atoms with van der Waals surface area (Å²) in [7, 11) is 0. The number of carboxylic acid groups (broad SMARTS) is 1. The molecule has 0 aliphatic carbocycles. The fourth-order valence-electron chi connectivity index (χ4n) is 0.589. The predicted molar refractivity (Wildman–Crippen MR) is 70.3 cm³/mol. The molecule has 0 aromatic heterocycles. The molecule has 1 aromatic carbocycles. The number of carbonyl (C=O) groups is 1. The molecular weight excluding hydrogens is 214 g/mol. The Hall–Kier alpha value is -2.34. The predicted octanol–water partition coefficient (Wildman–Crippen LogP) is 3.51. The molecule has 0 aliphatic heterocycles. The van der Waals surface area contributed by atoms with Gasteiger partial charge in [-0.2, -0.15) is 5.26 Å². The molecule has 3 heteroatoms. The lowest BCUT2D eigenvalue weighted by molar-refractivity contribution is -0.131. The molecule has 0 saturated heterocycles. The second-order valence-electron chi connectivity index (χ2n) is 2.67. The molecule has 1 aromatic rings. The van der Waals surface area contributed by atoms with E-state index in [1.54, 1.807) is 0 Å². The van der Waals surface area contributed by atoms with Gasteiger partial charge in [-0.1, -0.05) is 56.5 Å². The summed E-state index contributed by atoms with van der Waals surface area (Å²) in [6.07, 6.45) is 3.29. The Morgan fingerprint density at radius 1 is 1.41 bits per heavy atom. The van der Waals surface area contributed by atoms with Crippen molar-refractivity contribution in [3.63, 3.8) is 0 Å². The Kier molecular flexibility index (Phi) is 13.7. The van der Waals surface area contributed by atoms with Gasteiger partial charge in [0.15, 0.2) is 0 Å². The maximum absolute atomic E-state index is 9.25. The van der Waals surface area contributed by atoms with E-state index in [1.165, 1.54) is 5.56 Å². The van der Waals surface area contributed by atoms with E-state index in [9.17, 15) is 4.79 Å². The summed E-state index contributed by atoms with van der Waals surface area (Å²) in [5.74, 6) is -0.981. The molecule has 1 rings (SSSR count). The molecule has 0 heterocycles. The Morgan fingerprint density at radius 3 is 2.00 bits per heavy atom. The van der Waals surface area contributed by atoms with Crippen molar-refractivity contribution in [3.8, 4) is 6.07 Å². The third-order valence-electron chi connectivity index (χ3n) is 1.37. The standard InChI is InChI=1S/C8H8.C3H5N.C3H4O2/c1-2-8-6-4-3-5-7-8;1-2-3-4;1-2-3(4)5/h2-7H,1H2;2H2,1H3;2H,1H2,(H,4,5). The molecule has 0 spiro atoms. The van der Waals surface area contributed by atoms with Crippen molar-refractivity contribution < 1.29 is 9.90 Å². The average molecular weight is 231 g/mol. The number of hydrogen-bond donors (Lipinski definition) is 1. The normalized spacial score (nSPS) is 7.06. The van der Waals surface area contributed by atoms with Crippen LogP contribution in [0, 0.1) is 11.3 Å². The van der Waals surface area contributed by atoms with Crippen molar-refractivity contribution >= 4 is 12.0 Å². The van der Waals surface area contributed by atoms with E-state index in [0.29, 0.717) is 6.42 Å². The summed E-state index contributed by atoms with van der Waals surface area (Å²) in [5.41, 5.74) is 1.17. The van der Waals surface area contributed by atoms with Crippen molar-refractivity contribution in [3.05, 3.63) is 55.1 Å². The lowest BCUT2D eigenvalue weighted by atomic mass is 10.2. The zero-order chi connectivity index (χ0) is 13.5. The highest BCUT2D eigenvalue weighted by Gasteiger charge is 1.75. The van der Waals surface area contributed by atoms with Crippen LogP contribution in [0.25, 0.3) is 6.08 Å². The molecule has 0 atom stereocenters. The Balaban J connectivity index is 0. The third kappa shape index (κ3) is 16.3. The average Bonchev–Trinajstić information content (AvgIpc) is 2.40. The lowest BCUT2D eigenvalue weighted by Crippen LogP contribution is -1.82. The number of hydrogen-bond acceptors (Lipinski definition) is 2. The van der Waals surface area contributed by atoms with E-state index in [1.807, 2.05) is 49.4 Å². The van der Waals surface area contributed by atoms with Crippen LogP contribution < -0.4 is 0 Å². The molecular formula is C14H17NO2. The molecule has 17 heavy (non-hydrogen) atoms. The smallest absolute Gasteiger partial charge is 0.327 e. The Labute approximate surface area is 102 Å². The van der Waals surface area contributed by atoms with Crippen molar-refractivity contribution in [1.29, 1.82) is 5.26 Å². The highest BCUT2D eigenvalue weighted by atomic mass is 16.4. The number of rotatable bonds is 2. The quantitative estimate of drug-likeness (QED) is 0.792. The fourth-order valence-corrected chi connectivity index (χ4v) is 0.589. The van der Waals surface area contributed by atoms with E-state index in [-0.39, 0.29) is 0 Å². The Morgan fingerprint density at radius 2 is 1.82 bits per heavy atom. The molecule has 0 aliphatic rings. The van der Waals surface area contributed by atoms with Gasteiger partial charge in [-0.05, 0) is 5.56 Å². The van der Waals surface area contributed by atoms with Gasteiger partial charge in [0.1, 0.15) is 0 Å². The van der Waals surface area contributed by atoms with E-state index in [2.05, 4.69) is 13.2 Å². The number of carboxylic acids is 1. The zero-order valence-corrected chi connectivity index (χ0v) is 9.97. The van der Waals surface area contributed by atoms with Crippen LogP contribution in [0.5, 0.6) is 0 Å². The van der Waals surface area contributed by atoms with E-state index in [4.69, 9.17) is 10.4 Å². The summed E-state index contributed by atoms with van der Waals surface area (Å²) >= 11 is 0. The van der Waals surface area contributed by atoms with Gasteiger partial charge in [-0.15, -0.1) is 0 Å². The highest BCUT2D eigenvalue weighted by molar-refractivity contribution is 5.78. The number of benzene rings is 1. The van der Waals surface area contributed by atoms with Crippen LogP contribution in [-0.2, 0) is 4.79 Å². The minimum atomic E-state index is -0.981. The molecule has 0 fully saturated rings. The molecule has 0 amide bonds. The van der Waals surface area contributed by atoms with Crippen LogP contribution in [0.4, 0.5) is 0 Å². The van der Waals surface area contributed by atoms with Crippen molar-refractivity contribution in [2.75, 3.05) is 0 Å². The van der Waals surface area contributed by atoms with Crippen LogP contribution in [0.1, 0.15) is 18.9 Å². The molecule has 1 N–H and O–H groups in total. The lowest BCUT2D eigenvalue weighted by Gasteiger charge is -1.85. The minimum absolute atomic E-state index is 0.625. The first-order valence-electron chi connectivity index (χ1n) is 5.02. The SMILES string of the molecule is C=CC(=O)O.C=Cc1ccccc1.CCC#N. The van der Waals surface area contributed by atoms with Crippen molar-refractivity contribution in [2.45, 2.75) is 13.3 Å². The first-order chi connectivity index (χ1) is 8.12. The Bertz CT molecular complexity index is 364. The summed E-state index contributed by atoms with van der Waals surface area (Å²) in [5, 5.41) is 15.2. The van der Waals surface area contributed by atoms with Gasteiger partial charge in [0.2, 0.25) is 0 Å². The van der Waals surface area contributed by atoms with Crippen molar-refractivity contribution in [1.82, 2.24) is 0 Å². The summed E-state index contributed by atoms with van der Waals surface area (Å²) in [4.78, 5) is 9.25. The second-order valence-corrected chi connectivity index (χ2v) is 2.67. The van der Waals surface area contributed by atoms with Gasteiger partial charge in [-0.25, -0.2) is 4.79 Å². The minimum Gasteiger partial charge on any atom is -0.478 e. The molecule has 0 radical (unpaired) electrons. The number of nitrogens with zero attached hydrogens (tertiary/aromatic N) is 1. The topological polar surface area (TPSA) is 61.1 Å². The number of nitriles is 1. The monoisotopic (exact) mass is 231 g/mol. The van der Waals surface area contributed by atoms with Crippen LogP contribution >= 0.6 is 0 Å². The molecule has 90 valence electrons. The van der Waals surface area contributed by atoms with Crippen LogP contribution in [0.3, 0.4) is 0 Å². The number of aliphatic carboxylic acids is 1. The maximum atomic E-state index is 9.25. The second kappa shape index (κ2) is 13.7. The highest BCUT2D eigenvalue weighted by Crippen LogP contribution is 1.97. The third-order valence-corrected chi connectivity index (χ3v) is 1.37. The van der Waals surface area contributed by atoms with E-state index < -0.39 is 5.97 Å². The van der Waals surface area contributed by atoms with Gasteiger partial charge in [0, 0.05) is 12.5 Å². The molecule has 0 unspecified atom stereocenters. The van der Waals surface area contributed by atoms with Crippen LogP contribution in [0.15, 0.2) is 49.6 Å². The molecule has 0 bridgehead atoms. The fraction of sp³-hybridized carbons (Fsp3) is 0.143. The first kappa shape index (κ1) is 17.1. The summed E-state index contributed by atoms with van der Waals surface area (Å²) in [6.45, 7) is 8.41. The molecule has 0 saturated carbocycles. The van der Waals surface area contributed by atoms with Crippen LogP contribution in [0.2, 0.25) is 0 Å². The van der Waals surface area contributed by atoms with Crippen molar-refractivity contribution in [2.24, 2.45) is 0 Å². The van der Waals surface area contributed by atoms with Crippen LogP contribution in [-0.4, -0.2) is 11.1 Å². The van der Waals surface area contributed by atoms with Gasteiger partial charge < -0.3 is 5.11 Å². The first-order valence-corrected chi connectivity index (χ1v) is 5.02. The van der Waals surface area contributed by atoms with Gasteiger partial charge in [0.25, 0.3) is 0 Å². The van der Waals surface area contributed by atoms with E-state index in [0.717, 1.165) is 6.08 Å². The summed E-state index contributed by atoms with van der Waals surface area (Å²) in [6, 6.07) is 12.0. The van der Waals surface area contributed by atoms with E-state index >= 15 is 0 Å². The van der Waals surface area contributed by atoms with Gasteiger partial charge in [-0.3, -0.25) is 0 Å². The molecule has 3 nitrogen and oxygen atoms in total. The van der Waals surface area contributed by atoms with Gasteiger partial charge >= 0.3 is 5.97 Å². The summed E-state index contributed by atoms with van der Waals surface area (Å²) < 4.78 is 0. The van der Waals surface area contributed by atoms with Gasteiger partial charge in [0.05, 0.1) is 6.07 Å². The zero-order valence-electron chi connectivity index (χ0n) is 9.97. The largest absolute Gasteiger partial charge is 0.478 e. The maximum Gasteiger partial charge on any atom is 0.327 e.